The van der Waals surface area contributed by atoms with E-state index in [1.54, 1.807) is 0 Å². The molecule has 1 heterocycles. The van der Waals surface area contributed by atoms with Crippen molar-refractivity contribution >= 4 is 52.3 Å². The van der Waals surface area contributed by atoms with Gasteiger partial charge < -0.3 is 26.0 Å². The molecule has 282 valence electrons. The lowest BCUT2D eigenvalue weighted by atomic mass is 9.95. The van der Waals surface area contributed by atoms with Gasteiger partial charge in [-0.15, -0.1) is 24.8 Å². The van der Waals surface area contributed by atoms with Gasteiger partial charge in [0.1, 0.15) is 0 Å². The Morgan fingerprint density at radius 3 is 1.98 bits per heavy atom. The molecule has 0 radical (unpaired) electrons. The number of benzene rings is 3. The molecule has 0 saturated carbocycles. The molecule has 4 rings (SSSR count). The number of halogens is 2. The number of likely N-dealkylation sites (tertiary alicyclic amines) is 1. The van der Waals surface area contributed by atoms with E-state index in [1.165, 1.54) is 25.2 Å². The van der Waals surface area contributed by atoms with Crippen molar-refractivity contribution < 1.29 is 23.1 Å². The van der Waals surface area contributed by atoms with Crippen molar-refractivity contribution in [2.45, 2.75) is 58.2 Å². The lowest BCUT2D eigenvalue weighted by Crippen LogP contribution is -2.49. The van der Waals surface area contributed by atoms with Crippen LogP contribution in [0.5, 0.6) is 0 Å². The fourth-order valence-corrected chi connectivity index (χ4v) is 6.71. The Bertz CT molecular complexity index is 1620. The van der Waals surface area contributed by atoms with Crippen LogP contribution in [0, 0.1) is 11.8 Å². The topological polar surface area (TPSA) is 131 Å². The van der Waals surface area contributed by atoms with E-state index in [4.69, 9.17) is 0 Å². The summed E-state index contributed by atoms with van der Waals surface area (Å²) < 4.78 is 26.0. The summed E-state index contributed by atoms with van der Waals surface area (Å²) in [4.78, 5) is 29.8. The van der Waals surface area contributed by atoms with Crippen molar-refractivity contribution in [3.63, 3.8) is 0 Å². The number of aliphatic hydroxyl groups excluding tert-OH is 1. The number of carbonyl (C=O) groups excluding carboxylic acids is 2. The zero-order chi connectivity index (χ0) is 35.6. The first-order valence-corrected chi connectivity index (χ1v) is 19.1. The number of nitrogens with zero attached hydrogens (tertiary/aromatic N) is 2. The maximum Gasteiger partial charge on any atom is 0.251 e. The lowest BCUT2D eigenvalue weighted by Gasteiger charge is -2.33. The molecule has 51 heavy (non-hydrogen) atoms. The zero-order valence-electron chi connectivity index (χ0n) is 30.2. The molecule has 3 aromatic rings. The average molecular weight is 765 g/mol. The summed E-state index contributed by atoms with van der Waals surface area (Å²) in [7, 11) is -2.32. The van der Waals surface area contributed by atoms with Crippen molar-refractivity contribution in [1.82, 2.24) is 20.9 Å². The number of carbonyl (C=O) groups is 2. The molecule has 13 heteroatoms. The van der Waals surface area contributed by atoms with Crippen molar-refractivity contribution in [3.8, 4) is 0 Å². The minimum atomic E-state index is -3.69. The summed E-state index contributed by atoms with van der Waals surface area (Å²) in [6.07, 6.45) is 2.76. The van der Waals surface area contributed by atoms with Gasteiger partial charge in [0.25, 0.3) is 11.8 Å². The number of piperidine rings is 1. The normalized spacial score (nSPS) is 15.5. The number of rotatable bonds is 16. The first kappa shape index (κ1) is 44.0. The Hall–Kier alpha value is -3.19. The number of sulfonamides is 1. The first-order chi connectivity index (χ1) is 23.3. The summed E-state index contributed by atoms with van der Waals surface area (Å²) in [6, 6.07) is 22.5. The van der Waals surface area contributed by atoms with Crippen LogP contribution in [0.25, 0.3) is 0 Å². The fourth-order valence-electron chi connectivity index (χ4n) is 6.22. The molecule has 0 aromatic heterocycles. The van der Waals surface area contributed by atoms with Gasteiger partial charge in [0, 0.05) is 31.3 Å². The van der Waals surface area contributed by atoms with E-state index in [2.05, 4.69) is 34.7 Å². The Morgan fingerprint density at radius 2 is 1.43 bits per heavy atom. The molecule has 0 bridgehead atoms. The third kappa shape index (κ3) is 13.7. The minimum absolute atomic E-state index is 0. The van der Waals surface area contributed by atoms with Gasteiger partial charge in [0.2, 0.25) is 10.0 Å². The second-order valence-electron chi connectivity index (χ2n) is 13.7. The largest absolute Gasteiger partial charge is 0.390 e. The SMILES string of the molecule is CC(C)CN1CCC(CNC[C@@H](O)[C@H](Cc2ccccc2)NC(=O)c2cc(C(=O)N[C@H](C)c3ccccc3)cc(N(C)S(C)(=O)=O)c2)CC1.Cl.Cl. The van der Waals surface area contributed by atoms with Crippen LogP contribution in [0.1, 0.15) is 71.5 Å². The number of nitrogens with one attached hydrogen (secondary N) is 3. The molecule has 1 aliphatic rings. The van der Waals surface area contributed by atoms with E-state index in [-0.39, 0.29) is 47.7 Å². The molecule has 10 nitrogen and oxygen atoms in total. The number of hydrogen-bond acceptors (Lipinski definition) is 7. The highest BCUT2D eigenvalue weighted by molar-refractivity contribution is 7.92. The van der Waals surface area contributed by atoms with Crippen LogP contribution < -0.4 is 20.3 Å². The van der Waals surface area contributed by atoms with Gasteiger partial charge in [0.05, 0.1) is 30.1 Å². The van der Waals surface area contributed by atoms with Gasteiger partial charge in [0.15, 0.2) is 0 Å². The standard InChI is InChI=1S/C38H53N5O5S.2ClH/c1-27(2)26-43-18-16-30(17-19-43)24-39-25-36(44)35(20-29-12-8-6-9-13-29)41-38(46)33-21-32(22-34(23-33)42(4)49(5,47)48)37(45)40-28(3)31-14-10-7-11-15-31;;/h6-15,21-23,27-28,30,35-36,39,44H,16-20,24-26H2,1-5H3,(H,40,45)(H,41,46);2*1H/t28-,35+,36-;;/m1../s1. The molecule has 0 spiro atoms. The molecule has 0 unspecified atom stereocenters. The van der Waals surface area contributed by atoms with Crippen LogP contribution in [0.15, 0.2) is 78.9 Å². The predicted octanol–water partition coefficient (Wildman–Crippen LogP) is 5.08. The van der Waals surface area contributed by atoms with E-state index in [0.717, 1.165) is 60.7 Å². The highest BCUT2D eigenvalue weighted by Gasteiger charge is 2.26. The molecule has 1 saturated heterocycles. The molecule has 0 aliphatic carbocycles. The Morgan fingerprint density at radius 1 is 0.882 bits per heavy atom. The summed E-state index contributed by atoms with van der Waals surface area (Å²) in [6.45, 7) is 10.7. The predicted molar refractivity (Wildman–Crippen MR) is 211 cm³/mol. The van der Waals surface area contributed by atoms with Crippen molar-refractivity contribution in [2.75, 3.05) is 50.3 Å². The first-order valence-electron chi connectivity index (χ1n) is 17.2. The van der Waals surface area contributed by atoms with Crippen molar-refractivity contribution in [3.05, 3.63) is 101 Å². The molecule has 1 aliphatic heterocycles. The molecule has 2 amide bonds. The van der Waals surface area contributed by atoms with Crippen LogP contribution in [-0.4, -0.2) is 88.4 Å². The van der Waals surface area contributed by atoms with Gasteiger partial charge in [-0.2, -0.15) is 0 Å². The van der Waals surface area contributed by atoms with E-state index < -0.39 is 34.0 Å². The van der Waals surface area contributed by atoms with Gasteiger partial charge in [-0.1, -0.05) is 74.5 Å². The molecule has 4 N–H and O–H groups in total. The number of aliphatic hydroxyl groups is 1. The maximum absolute atomic E-state index is 13.9. The van der Waals surface area contributed by atoms with Crippen LogP contribution >= 0.6 is 24.8 Å². The molecular formula is C38H55Cl2N5O5S. The summed E-state index contributed by atoms with van der Waals surface area (Å²) >= 11 is 0. The quantitative estimate of drug-likeness (QED) is 0.160. The van der Waals surface area contributed by atoms with Gasteiger partial charge in [-0.3, -0.25) is 13.9 Å². The molecule has 3 aromatic carbocycles. The van der Waals surface area contributed by atoms with Crippen LogP contribution in [0.2, 0.25) is 0 Å². The molecule has 3 atom stereocenters. The van der Waals surface area contributed by atoms with Crippen molar-refractivity contribution in [1.29, 1.82) is 0 Å². The van der Waals surface area contributed by atoms with Crippen LogP contribution in [0.3, 0.4) is 0 Å². The van der Waals surface area contributed by atoms with E-state index in [9.17, 15) is 23.1 Å². The Labute approximate surface area is 316 Å². The fraction of sp³-hybridized carbons (Fsp3) is 0.474. The number of amides is 2. The lowest BCUT2D eigenvalue weighted by molar-refractivity contribution is 0.0824. The Kier molecular flexibility index (Phi) is 17.9. The Balaban J connectivity index is 0.00000451. The van der Waals surface area contributed by atoms with Crippen molar-refractivity contribution in [2.24, 2.45) is 11.8 Å². The minimum Gasteiger partial charge on any atom is -0.390 e. The van der Waals surface area contributed by atoms with E-state index in [1.807, 2.05) is 67.6 Å². The number of hydrogen-bond donors (Lipinski definition) is 4. The van der Waals surface area contributed by atoms with E-state index >= 15 is 0 Å². The van der Waals surface area contributed by atoms with Gasteiger partial charge in [-0.05, 0) is 87.0 Å². The second-order valence-corrected chi connectivity index (χ2v) is 15.8. The molecular weight excluding hydrogens is 709 g/mol. The highest BCUT2D eigenvalue weighted by atomic mass is 35.5. The van der Waals surface area contributed by atoms with E-state index in [0.29, 0.717) is 24.8 Å². The van der Waals surface area contributed by atoms with Crippen LogP contribution in [0.4, 0.5) is 5.69 Å². The highest BCUT2D eigenvalue weighted by Crippen LogP contribution is 2.23. The maximum atomic E-state index is 13.9. The second kappa shape index (κ2) is 20.7. The summed E-state index contributed by atoms with van der Waals surface area (Å²) in [5, 5.41) is 20.8. The third-order valence-corrected chi connectivity index (χ3v) is 10.4. The van der Waals surface area contributed by atoms with Crippen LogP contribution in [-0.2, 0) is 16.4 Å². The van der Waals surface area contributed by atoms with Gasteiger partial charge >= 0.3 is 0 Å². The number of anilines is 1. The molecule has 1 fully saturated rings. The average Bonchev–Trinajstić information content (AvgIpc) is 3.08. The summed E-state index contributed by atoms with van der Waals surface area (Å²) in [5.41, 5.74) is 2.28. The smallest absolute Gasteiger partial charge is 0.251 e. The third-order valence-electron chi connectivity index (χ3n) is 9.15. The monoisotopic (exact) mass is 763 g/mol. The van der Waals surface area contributed by atoms with Gasteiger partial charge in [-0.25, -0.2) is 8.42 Å². The summed E-state index contributed by atoms with van der Waals surface area (Å²) in [5.74, 6) is 0.207. The zero-order valence-corrected chi connectivity index (χ0v) is 32.7.